The van der Waals surface area contributed by atoms with E-state index in [0.717, 1.165) is 11.9 Å². The van der Waals surface area contributed by atoms with Crippen LogP contribution < -0.4 is 10.2 Å². The average molecular weight is 346 g/mol. The molecule has 8 nitrogen and oxygen atoms in total. The number of aromatic nitrogens is 4. The average Bonchev–Trinajstić information content (AvgIpc) is 3.08. The van der Waals surface area contributed by atoms with Crippen LogP contribution in [0.4, 0.5) is 5.82 Å². The highest BCUT2D eigenvalue weighted by molar-refractivity contribution is 5.86. The maximum absolute atomic E-state index is 12.1. The van der Waals surface area contributed by atoms with Crippen molar-refractivity contribution in [1.29, 1.82) is 0 Å². The van der Waals surface area contributed by atoms with Gasteiger partial charge in [-0.1, -0.05) is 19.8 Å². The lowest BCUT2D eigenvalue weighted by atomic mass is 9.88. The van der Waals surface area contributed by atoms with E-state index in [1.54, 1.807) is 11.2 Å². The summed E-state index contributed by atoms with van der Waals surface area (Å²) in [4.78, 5) is 29.3. The lowest BCUT2D eigenvalue weighted by molar-refractivity contribution is -0.120. The number of hydrogen-bond acceptors (Lipinski definition) is 6. The Balaban J connectivity index is 1.42. The van der Waals surface area contributed by atoms with Crippen LogP contribution in [0, 0.1) is 5.92 Å². The summed E-state index contributed by atoms with van der Waals surface area (Å²) in [6.45, 7) is 3.54. The SMILES string of the molecule is C[C@H]1CCCC[C@H]1OCCNC(=O)CN(C)c1ncnc2nc[nH]c12. The Morgan fingerprint density at radius 2 is 2.20 bits per heavy atom. The number of aromatic amines is 1. The van der Waals surface area contributed by atoms with Gasteiger partial charge in [-0.2, -0.15) is 0 Å². The summed E-state index contributed by atoms with van der Waals surface area (Å²) in [5, 5.41) is 2.90. The number of rotatable bonds is 7. The van der Waals surface area contributed by atoms with Crippen LogP contribution in [0.3, 0.4) is 0 Å². The van der Waals surface area contributed by atoms with Crippen LogP contribution in [0.25, 0.3) is 11.2 Å². The monoisotopic (exact) mass is 346 g/mol. The van der Waals surface area contributed by atoms with Crippen molar-refractivity contribution in [3.05, 3.63) is 12.7 Å². The molecule has 136 valence electrons. The number of amides is 1. The van der Waals surface area contributed by atoms with Gasteiger partial charge in [-0.3, -0.25) is 4.79 Å². The second-order valence-electron chi connectivity index (χ2n) is 6.68. The number of likely N-dealkylation sites (N-methyl/N-ethyl adjacent to an activating group) is 1. The summed E-state index contributed by atoms with van der Waals surface area (Å²) in [7, 11) is 1.82. The molecule has 0 aromatic carbocycles. The minimum Gasteiger partial charge on any atom is -0.376 e. The number of fused-ring (bicyclic) bond motifs is 1. The van der Waals surface area contributed by atoms with E-state index in [4.69, 9.17) is 4.74 Å². The van der Waals surface area contributed by atoms with Gasteiger partial charge in [0.1, 0.15) is 11.8 Å². The highest BCUT2D eigenvalue weighted by atomic mass is 16.5. The third-order valence-electron chi connectivity index (χ3n) is 4.73. The molecular formula is C17H26N6O2. The summed E-state index contributed by atoms with van der Waals surface area (Å²) < 4.78 is 5.92. The standard InChI is InChI=1S/C17H26N6O2/c1-12-5-3-4-6-13(12)25-8-7-18-14(24)9-23(2)17-15-16(20-10-19-15)21-11-22-17/h10-13H,3-9H2,1-2H3,(H,18,24)(H,19,20,21,22)/t12-,13+/m0/s1. The topological polar surface area (TPSA) is 96.0 Å². The number of anilines is 1. The molecule has 1 saturated carbocycles. The zero-order valence-corrected chi connectivity index (χ0v) is 14.9. The smallest absolute Gasteiger partial charge is 0.239 e. The number of carbonyl (C=O) groups excluding carboxylic acids is 1. The third-order valence-corrected chi connectivity index (χ3v) is 4.73. The molecule has 1 amide bonds. The van der Waals surface area contributed by atoms with Crippen LogP contribution in [-0.4, -0.2) is 58.7 Å². The van der Waals surface area contributed by atoms with Crippen LogP contribution in [0.2, 0.25) is 0 Å². The Labute approximate surface area is 147 Å². The molecule has 1 aliphatic carbocycles. The molecule has 1 fully saturated rings. The molecule has 2 N–H and O–H groups in total. The van der Waals surface area contributed by atoms with E-state index >= 15 is 0 Å². The molecule has 2 aromatic rings. The quantitative estimate of drug-likeness (QED) is 0.738. The van der Waals surface area contributed by atoms with E-state index in [1.165, 1.54) is 25.6 Å². The Morgan fingerprint density at radius 3 is 3.04 bits per heavy atom. The van der Waals surface area contributed by atoms with Gasteiger partial charge in [0.2, 0.25) is 5.91 Å². The Morgan fingerprint density at radius 1 is 1.36 bits per heavy atom. The first-order chi connectivity index (χ1) is 12.1. The highest BCUT2D eigenvalue weighted by Gasteiger charge is 2.21. The molecule has 2 atom stereocenters. The minimum atomic E-state index is -0.0610. The molecular weight excluding hydrogens is 320 g/mol. The molecule has 0 aliphatic heterocycles. The number of H-pyrrole nitrogens is 1. The first-order valence-corrected chi connectivity index (χ1v) is 8.88. The van der Waals surface area contributed by atoms with Crippen LogP contribution in [0.5, 0.6) is 0 Å². The molecule has 2 aromatic heterocycles. The van der Waals surface area contributed by atoms with Crippen LogP contribution >= 0.6 is 0 Å². The molecule has 0 spiro atoms. The van der Waals surface area contributed by atoms with Crippen LogP contribution in [0.15, 0.2) is 12.7 Å². The molecule has 0 saturated heterocycles. The van der Waals surface area contributed by atoms with Gasteiger partial charge in [0.15, 0.2) is 11.5 Å². The largest absolute Gasteiger partial charge is 0.376 e. The van der Waals surface area contributed by atoms with Gasteiger partial charge in [-0.15, -0.1) is 0 Å². The summed E-state index contributed by atoms with van der Waals surface area (Å²) in [5.41, 5.74) is 1.32. The van der Waals surface area contributed by atoms with Crippen molar-refractivity contribution in [3.8, 4) is 0 Å². The molecule has 8 heteroatoms. The van der Waals surface area contributed by atoms with E-state index in [-0.39, 0.29) is 12.5 Å². The molecule has 0 bridgehead atoms. The number of nitrogens with zero attached hydrogens (tertiary/aromatic N) is 4. The fourth-order valence-corrected chi connectivity index (χ4v) is 3.32. The zero-order chi connectivity index (χ0) is 17.6. The van der Waals surface area contributed by atoms with E-state index < -0.39 is 0 Å². The number of carbonyl (C=O) groups is 1. The Bertz CT molecular complexity index is 703. The van der Waals surface area contributed by atoms with Gasteiger partial charge in [0.25, 0.3) is 0 Å². The fraction of sp³-hybridized carbons (Fsp3) is 0.647. The predicted octanol–water partition coefficient (Wildman–Crippen LogP) is 1.50. The van der Waals surface area contributed by atoms with Crippen LogP contribution in [0.1, 0.15) is 32.6 Å². The van der Waals surface area contributed by atoms with Crippen molar-refractivity contribution in [1.82, 2.24) is 25.3 Å². The molecule has 3 rings (SSSR count). The van der Waals surface area contributed by atoms with Crippen molar-refractivity contribution in [2.24, 2.45) is 5.92 Å². The predicted molar refractivity (Wildman–Crippen MR) is 95.3 cm³/mol. The lowest BCUT2D eigenvalue weighted by Gasteiger charge is -2.28. The second kappa shape index (κ2) is 8.24. The third kappa shape index (κ3) is 4.45. The highest BCUT2D eigenvalue weighted by Crippen LogP contribution is 2.26. The maximum Gasteiger partial charge on any atom is 0.239 e. The number of ether oxygens (including phenoxy) is 1. The summed E-state index contributed by atoms with van der Waals surface area (Å²) in [5.74, 6) is 1.21. The summed E-state index contributed by atoms with van der Waals surface area (Å²) in [6, 6.07) is 0. The van der Waals surface area contributed by atoms with Crippen molar-refractivity contribution < 1.29 is 9.53 Å². The summed E-state index contributed by atoms with van der Waals surface area (Å²) in [6.07, 6.45) is 8.27. The first-order valence-electron chi connectivity index (χ1n) is 8.88. The van der Waals surface area contributed by atoms with Crippen molar-refractivity contribution in [2.45, 2.75) is 38.7 Å². The minimum absolute atomic E-state index is 0.0610. The van der Waals surface area contributed by atoms with Crippen molar-refractivity contribution in [2.75, 3.05) is 31.6 Å². The Hall–Kier alpha value is -2.22. The number of imidazole rings is 1. The molecule has 25 heavy (non-hydrogen) atoms. The fourth-order valence-electron chi connectivity index (χ4n) is 3.32. The lowest BCUT2D eigenvalue weighted by Crippen LogP contribution is -2.38. The van der Waals surface area contributed by atoms with Crippen LogP contribution in [-0.2, 0) is 9.53 Å². The van der Waals surface area contributed by atoms with Gasteiger partial charge in [0, 0.05) is 13.6 Å². The molecule has 0 unspecified atom stereocenters. The number of hydrogen-bond donors (Lipinski definition) is 2. The van der Waals surface area contributed by atoms with Crippen molar-refractivity contribution >= 4 is 22.9 Å². The van der Waals surface area contributed by atoms with Gasteiger partial charge in [-0.25, -0.2) is 15.0 Å². The first kappa shape index (κ1) is 17.6. The summed E-state index contributed by atoms with van der Waals surface area (Å²) >= 11 is 0. The van der Waals surface area contributed by atoms with Gasteiger partial charge in [-0.05, 0) is 18.8 Å². The van der Waals surface area contributed by atoms with E-state index in [2.05, 4.69) is 32.2 Å². The van der Waals surface area contributed by atoms with E-state index in [0.29, 0.717) is 36.6 Å². The zero-order valence-electron chi connectivity index (χ0n) is 14.9. The molecule has 1 aliphatic rings. The molecule has 2 heterocycles. The van der Waals surface area contributed by atoms with E-state index in [9.17, 15) is 4.79 Å². The Kier molecular flexibility index (Phi) is 5.80. The van der Waals surface area contributed by atoms with Crippen molar-refractivity contribution in [3.63, 3.8) is 0 Å². The maximum atomic E-state index is 12.1. The second-order valence-corrected chi connectivity index (χ2v) is 6.68. The molecule has 0 radical (unpaired) electrons. The van der Waals surface area contributed by atoms with E-state index in [1.807, 2.05) is 7.05 Å². The van der Waals surface area contributed by atoms with Gasteiger partial charge in [0.05, 0.1) is 25.6 Å². The normalized spacial score (nSPS) is 20.6. The van der Waals surface area contributed by atoms with Gasteiger partial charge < -0.3 is 19.9 Å². The number of nitrogens with one attached hydrogen (secondary N) is 2. The van der Waals surface area contributed by atoms with Gasteiger partial charge >= 0.3 is 0 Å².